The first kappa shape index (κ1) is 14.4. The smallest absolute Gasteiger partial charge is 0.407 e. The summed E-state index contributed by atoms with van der Waals surface area (Å²) in [4.78, 5) is 14.5. The number of carbonyl (C=O) groups is 1. The normalized spacial score (nSPS) is 26.3. The minimum Gasteiger partial charge on any atom is -0.445 e. The molecule has 4 heteroatoms. The lowest BCUT2D eigenvalue weighted by atomic mass is 9.96. The minimum absolute atomic E-state index is 0.220. The van der Waals surface area contributed by atoms with Crippen molar-refractivity contribution >= 4 is 6.09 Å². The van der Waals surface area contributed by atoms with Crippen LogP contribution in [0.3, 0.4) is 0 Å². The number of hydrogen-bond donors (Lipinski definition) is 1. The van der Waals surface area contributed by atoms with Crippen molar-refractivity contribution < 1.29 is 9.53 Å². The monoisotopic (exact) mass is 288 g/mol. The molecule has 2 atom stereocenters. The summed E-state index contributed by atoms with van der Waals surface area (Å²) in [6.45, 7) is 4.73. The first-order valence-corrected chi connectivity index (χ1v) is 7.92. The highest BCUT2D eigenvalue weighted by Gasteiger charge is 2.35. The molecule has 3 rings (SSSR count). The molecule has 1 aromatic carbocycles. The number of hydrogen-bond acceptors (Lipinski definition) is 3. The molecule has 4 nitrogen and oxygen atoms in total. The largest absolute Gasteiger partial charge is 0.445 e. The topological polar surface area (TPSA) is 41.6 Å². The minimum atomic E-state index is -0.298. The summed E-state index contributed by atoms with van der Waals surface area (Å²) in [6, 6.07) is 10.8. The number of nitrogens with zero attached hydrogens (tertiary/aromatic N) is 1. The summed E-state index contributed by atoms with van der Waals surface area (Å²) in [5, 5.41) is 3.03. The fraction of sp³-hybridized carbons (Fsp3) is 0.588. The van der Waals surface area contributed by atoms with Gasteiger partial charge in [-0.05, 0) is 30.7 Å². The summed E-state index contributed by atoms with van der Waals surface area (Å²) in [5.41, 5.74) is 1.02. The van der Waals surface area contributed by atoms with Crippen LogP contribution < -0.4 is 5.32 Å². The number of benzene rings is 1. The molecule has 0 radical (unpaired) electrons. The summed E-state index contributed by atoms with van der Waals surface area (Å²) in [6.07, 6.45) is 3.38. The Balaban J connectivity index is 1.45. The Morgan fingerprint density at radius 1 is 1.29 bits per heavy atom. The van der Waals surface area contributed by atoms with Gasteiger partial charge < -0.3 is 10.1 Å². The van der Waals surface area contributed by atoms with Crippen LogP contribution in [0, 0.1) is 5.92 Å². The van der Waals surface area contributed by atoms with E-state index in [0.29, 0.717) is 12.5 Å². The molecule has 0 spiro atoms. The predicted molar refractivity (Wildman–Crippen MR) is 81.9 cm³/mol. The second-order valence-electron chi connectivity index (χ2n) is 6.43. The van der Waals surface area contributed by atoms with E-state index in [4.69, 9.17) is 4.74 Å². The standard InChI is InChI=1S/C17H24N2O2/c1-13-9-15(11-19(10-13)16-7-8-16)18-17(20)21-12-14-5-3-2-4-6-14/h2-6,13,15-16H,7-12H2,1H3,(H,18,20). The van der Waals surface area contributed by atoms with Gasteiger partial charge in [-0.1, -0.05) is 37.3 Å². The Bertz CT molecular complexity index is 473. The van der Waals surface area contributed by atoms with Crippen LogP contribution in [-0.4, -0.2) is 36.2 Å². The maximum atomic E-state index is 11.9. The second-order valence-corrected chi connectivity index (χ2v) is 6.43. The number of nitrogens with one attached hydrogen (secondary N) is 1. The Labute approximate surface area is 126 Å². The van der Waals surface area contributed by atoms with E-state index >= 15 is 0 Å². The van der Waals surface area contributed by atoms with E-state index in [9.17, 15) is 4.79 Å². The Hall–Kier alpha value is -1.55. The second kappa shape index (κ2) is 6.48. The zero-order valence-corrected chi connectivity index (χ0v) is 12.6. The fourth-order valence-corrected chi connectivity index (χ4v) is 3.17. The third-order valence-corrected chi connectivity index (χ3v) is 4.29. The van der Waals surface area contributed by atoms with Gasteiger partial charge in [0.2, 0.25) is 0 Å². The molecule has 1 saturated heterocycles. The highest BCUT2D eigenvalue weighted by Crippen LogP contribution is 2.30. The van der Waals surface area contributed by atoms with Crippen molar-refractivity contribution in [2.75, 3.05) is 13.1 Å². The summed E-state index contributed by atoms with van der Waals surface area (Å²) < 4.78 is 5.31. The Morgan fingerprint density at radius 3 is 2.76 bits per heavy atom. The van der Waals surface area contributed by atoms with Crippen LogP contribution in [0.2, 0.25) is 0 Å². The average molecular weight is 288 g/mol. The first-order chi connectivity index (χ1) is 10.2. The van der Waals surface area contributed by atoms with E-state index in [1.165, 1.54) is 19.4 Å². The van der Waals surface area contributed by atoms with E-state index < -0.39 is 0 Å². The van der Waals surface area contributed by atoms with Crippen molar-refractivity contribution in [3.05, 3.63) is 35.9 Å². The number of ether oxygens (including phenoxy) is 1. The van der Waals surface area contributed by atoms with Crippen LogP contribution in [0.25, 0.3) is 0 Å². The lowest BCUT2D eigenvalue weighted by Gasteiger charge is -2.36. The molecule has 1 N–H and O–H groups in total. The van der Waals surface area contributed by atoms with Gasteiger partial charge in [0, 0.05) is 25.2 Å². The number of alkyl carbamates (subject to hydrolysis) is 1. The Morgan fingerprint density at radius 2 is 2.05 bits per heavy atom. The number of carbonyl (C=O) groups excluding carboxylic acids is 1. The fourth-order valence-electron chi connectivity index (χ4n) is 3.17. The molecule has 1 aliphatic carbocycles. The molecule has 1 aliphatic heterocycles. The predicted octanol–water partition coefficient (Wildman–Crippen LogP) is 2.79. The molecule has 1 amide bonds. The van der Waals surface area contributed by atoms with Gasteiger partial charge in [-0.15, -0.1) is 0 Å². The third-order valence-electron chi connectivity index (χ3n) is 4.29. The Kier molecular flexibility index (Phi) is 4.44. The molecule has 1 saturated carbocycles. The van der Waals surface area contributed by atoms with Crippen LogP contribution in [-0.2, 0) is 11.3 Å². The van der Waals surface area contributed by atoms with Crippen molar-refractivity contribution in [2.24, 2.45) is 5.92 Å². The van der Waals surface area contributed by atoms with Crippen molar-refractivity contribution in [3.63, 3.8) is 0 Å². The van der Waals surface area contributed by atoms with Gasteiger partial charge in [0.25, 0.3) is 0 Å². The molecule has 2 unspecified atom stereocenters. The molecule has 2 aliphatic rings. The maximum absolute atomic E-state index is 11.9. The van der Waals surface area contributed by atoms with E-state index in [-0.39, 0.29) is 12.1 Å². The van der Waals surface area contributed by atoms with Crippen LogP contribution >= 0.6 is 0 Å². The zero-order chi connectivity index (χ0) is 14.7. The van der Waals surface area contributed by atoms with E-state index in [0.717, 1.165) is 24.6 Å². The van der Waals surface area contributed by atoms with Crippen molar-refractivity contribution in [3.8, 4) is 0 Å². The molecule has 0 bridgehead atoms. The molecule has 0 aromatic heterocycles. The van der Waals surface area contributed by atoms with Crippen LogP contribution in [0.1, 0.15) is 31.7 Å². The number of likely N-dealkylation sites (tertiary alicyclic amines) is 1. The van der Waals surface area contributed by atoms with Gasteiger partial charge in [0.15, 0.2) is 0 Å². The van der Waals surface area contributed by atoms with Crippen LogP contribution in [0.5, 0.6) is 0 Å². The lowest BCUT2D eigenvalue weighted by Crippen LogP contribution is -2.51. The molecule has 21 heavy (non-hydrogen) atoms. The highest BCUT2D eigenvalue weighted by molar-refractivity contribution is 5.67. The van der Waals surface area contributed by atoms with Crippen molar-refractivity contribution in [2.45, 2.75) is 44.9 Å². The van der Waals surface area contributed by atoms with E-state index in [1.54, 1.807) is 0 Å². The highest BCUT2D eigenvalue weighted by atomic mass is 16.5. The molecular formula is C17H24N2O2. The van der Waals surface area contributed by atoms with Gasteiger partial charge in [-0.3, -0.25) is 4.90 Å². The van der Waals surface area contributed by atoms with Crippen LogP contribution in [0.15, 0.2) is 30.3 Å². The first-order valence-electron chi connectivity index (χ1n) is 7.92. The van der Waals surface area contributed by atoms with E-state index in [2.05, 4.69) is 17.1 Å². The number of piperidine rings is 1. The quantitative estimate of drug-likeness (QED) is 0.926. The molecule has 1 heterocycles. The number of rotatable bonds is 4. The summed E-state index contributed by atoms with van der Waals surface area (Å²) in [5.74, 6) is 0.638. The zero-order valence-electron chi connectivity index (χ0n) is 12.6. The van der Waals surface area contributed by atoms with E-state index in [1.807, 2.05) is 30.3 Å². The van der Waals surface area contributed by atoms with Gasteiger partial charge >= 0.3 is 6.09 Å². The molecule has 1 aromatic rings. The third kappa shape index (κ3) is 4.21. The van der Waals surface area contributed by atoms with Crippen molar-refractivity contribution in [1.29, 1.82) is 0 Å². The van der Waals surface area contributed by atoms with Gasteiger partial charge in [-0.25, -0.2) is 4.79 Å². The molecule has 114 valence electrons. The van der Waals surface area contributed by atoms with Gasteiger partial charge in [0.05, 0.1) is 0 Å². The summed E-state index contributed by atoms with van der Waals surface area (Å²) in [7, 11) is 0. The number of amides is 1. The van der Waals surface area contributed by atoms with Gasteiger partial charge in [0.1, 0.15) is 6.61 Å². The molecular weight excluding hydrogens is 264 g/mol. The lowest BCUT2D eigenvalue weighted by molar-refractivity contribution is 0.111. The average Bonchev–Trinajstić information content (AvgIpc) is 3.30. The summed E-state index contributed by atoms with van der Waals surface area (Å²) >= 11 is 0. The van der Waals surface area contributed by atoms with Crippen LogP contribution in [0.4, 0.5) is 4.79 Å². The SMILES string of the molecule is CC1CC(NC(=O)OCc2ccccc2)CN(C2CC2)C1. The molecule has 2 fully saturated rings. The van der Waals surface area contributed by atoms with Gasteiger partial charge in [-0.2, -0.15) is 0 Å². The maximum Gasteiger partial charge on any atom is 0.407 e. The van der Waals surface area contributed by atoms with Crippen molar-refractivity contribution in [1.82, 2.24) is 10.2 Å².